The number of nitrogens with one attached hydrogen (secondary N) is 1. The topological polar surface area (TPSA) is 78.0 Å². The van der Waals surface area contributed by atoms with E-state index in [0.717, 1.165) is 36.7 Å². The Morgan fingerprint density at radius 1 is 1.00 bits per heavy atom. The summed E-state index contributed by atoms with van der Waals surface area (Å²) in [4.78, 5) is 34.3. The first kappa shape index (κ1) is 19.2. The van der Waals surface area contributed by atoms with Crippen LogP contribution in [-0.2, 0) is 9.53 Å². The molecule has 8 heteroatoms. The van der Waals surface area contributed by atoms with Crippen LogP contribution in [0.5, 0.6) is 0 Å². The molecule has 1 N–H and O–H groups in total. The molecule has 0 radical (unpaired) electrons. The van der Waals surface area contributed by atoms with E-state index >= 15 is 0 Å². The van der Waals surface area contributed by atoms with Gasteiger partial charge in [0.1, 0.15) is 5.82 Å². The molecule has 2 saturated heterocycles. The van der Waals surface area contributed by atoms with Gasteiger partial charge in [-0.15, -0.1) is 0 Å². The van der Waals surface area contributed by atoms with Gasteiger partial charge >= 0.3 is 0 Å². The number of benzene rings is 1. The number of carbonyl (C=O) groups is 2. The van der Waals surface area contributed by atoms with Gasteiger partial charge < -0.3 is 24.8 Å². The standard InChI is InChI=1S/C21H25N5O3/c27-16-24-7-9-26(10-8-24)20-15-17(5-6-22-20)21(28)23-18-3-1-2-4-19(18)25-11-13-29-14-12-25/h1-6,15-16H,7-14H2,(H,23,28). The highest BCUT2D eigenvalue weighted by Gasteiger charge is 2.19. The third-order valence-electron chi connectivity index (χ3n) is 5.30. The molecule has 2 amide bonds. The van der Waals surface area contributed by atoms with Crippen LogP contribution in [0.3, 0.4) is 0 Å². The molecule has 2 aliphatic rings. The highest BCUT2D eigenvalue weighted by molar-refractivity contribution is 6.06. The minimum atomic E-state index is -0.166. The third-order valence-corrected chi connectivity index (χ3v) is 5.30. The van der Waals surface area contributed by atoms with Gasteiger partial charge in [-0.3, -0.25) is 9.59 Å². The van der Waals surface area contributed by atoms with E-state index in [1.807, 2.05) is 30.3 Å². The van der Waals surface area contributed by atoms with E-state index in [-0.39, 0.29) is 5.91 Å². The van der Waals surface area contributed by atoms with Crippen molar-refractivity contribution in [1.82, 2.24) is 9.88 Å². The van der Waals surface area contributed by atoms with Crippen molar-refractivity contribution in [3.8, 4) is 0 Å². The molecule has 2 aromatic rings. The minimum Gasteiger partial charge on any atom is -0.378 e. The molecule has 0 aliphatic carbocycles. The molecule has 3 heterocycles. The number of para-hydroxylation sites is 2. The molecule has 2 fully saturated rings. The van der Waals surface area contributed by atoms with Crippen molar-refractivity contribution in [2.75, 3.05) is 67.6 Å². The van der Waals surface area contributed by atoms with E-state index in [1.54, 1.807) is 17.2 Å². The first-order valence-corrected chi connectivity index (χ1v) is 9.88. The van der Waals surface area contributed by atoms with Crippen molar-refractivity contribution < 1.29 is 14.3 Å². The summed E-state index contributed by atoms with van der Waals surface area (Å²) in [6, 6.07) is 11.4. The average molecular weight is 395 g/mol. The Kier molecular flexibility index (Phi) is 5.90. The number of piperazine rings is 1. The van der Waals surface area contributed by atoms with Gasteiger partial charge in [-0.05, 0) is 24.3 Å². The molecule has 1 aromatic carbocycles. The molecular weight excluding hydrogens is 370 g/mol. The van der Waals surface area contributed by atoms with Crippen LogP contribution in [-0.4, -0.2) is 74.7 Å². The summed E-state index contributed by atoms with van der Waals surface area (Å²) >= 11 is 0. The number of nitrogens with zero attached hydrogens (tertiary/aromatic N) is 4. The number of hydrogen-bond acceptors (Lipinski definition) is 6. The molecular formula is C21H25N5O3. The summed E-state index contributed by atoms with van der Waals surface area (Å²) in [7, 11) is 0. The van der Waals surface area contributed by atoms with Crippen molar-refractivity contribution in [3.05, 3.63) is 48.2 Å². The first-order valence-electron chi connectivity index (χ1n) is 9.88. The molecule has 0 spiro atoms. The highest BCUT2D eigenvalue weighted by Crippen LogP contribution is 2.27. The number of rotatable bonds is 5. The first-order chi connectivity index (χ1) is 14.2. The van der Waals surface area contributed by atoms with E-state index < -0.39 is 0 Å². The van der Waals surface area contributed by atoms with Crippen molar-refractivity contribution in [1.29, 1.82) is 0 Å². The van der Waals surface area contributed by atoms with Crippen LogP contribution in [0.25, 0.3) is 0 Å². The number of pyridine rings is 1. The number of ether oxygens (including phenoxy) is 1. The molecule has 0 saturated carbocycles. The third kappa shape index (κ3) is 4.48. The van der Waals surface area contributed by atoms with Gasteiger partial charge in [0.2, 0.25) is 6.41 Å². The fourth-order valence-corrected chi connectivity index (χ4v) is 3.64. The lowest BCUT2D eigenvalue weighted by Gasteiger charge is -2.33. The summed E-state index contributed by atoms with van der Waals surface area (Å²) in [5.41, 5.74) is 2.35. The summed E-state index contributed by atoms with van der Waals surface area (Å²) in [6.07, 6.45) is 2.53. The van der Waals surface area contributed by atoms with Crippen LogP contribution in [0.4, 0.5) is 17.2 Å². The molecule has 8 nitrogen and oxygen atoms in total. The smallest absolute Gasteiger partial charge is 0.255 e. The van der Waals surface area contributed by atoms with Crippen LogP contribution < -0.4 is 15.1 Å². The number of carbonyl (C=O) groups excluding carboxylic acids is 2. The maximum absolute atomic E-state index is 12.9. The maximum Gasteiger partial charge on any atom is 0.255 e. The monoisotopic (exact) mass is 395 g/mol. The molecule has 2 aliphatic heterocycles. The largest absolute Gasteiger partial charge is 0.378 e. The van der Waals surface area contributed by atoms with E-state index in [0.29, 0.717) is 45.0 Å². The van der Waals surface area contributed by atoms with E-state index in [9.17, 15) is 9.59 Å². The van der Waals surface area contributed by atoms with Gasteiger partial charge in [0.05, 0.1) is 24.6 Å². The molecule has 0 atom stereocenters. The Bertz CT molecular complexity index is 861. The van der Waals surface area contributed by atoms with Gasteiger partial charge in [0, 0.05) is 51.0 Å². The minimum absolute atomic E-state index is 0.166. The average Bonchev–Trinajstić information content (AvgIpc) is 2.80. The fraction of sp³-hybridized carbons (Fsp3) is 0.381. The molecule has 0 unspecified atom stereocenters. The highest BCUT2D eigenvalue weighted by atomic mass is 16.5. The second kappa shape index (κ2) is 8.91. The molecule has 4 rings (SSSR count). The second-order valence-electron chi connectivity index (χ2n) is 7.10. The van der Waals surface area contributed by atoms with Crippen molar-refractivity contribution in [2.24, 2.45) is 0 Å². The number of morpholine rings is 1. The molecule has 1 aromatic heterocycles. The Morgan fingerprint density at radius 2 is 1.76 bits per heavy atom. The summed E-state index contributed by atoms with van der Waals surface area (Å²) in [6.45, 7) is 5.72. The number of aromatic nitrogens is 1. The zero-order valence-corrected chi connectivity index (χ0v) is 16.3. The van der Waals surface area contributed by atoms with Gasteiger partial charge in [-0.1, -0.05) is 12.1 Å². The van der Waals surface area contributed by atoms with E-state index in [1.165, 1.54) is 0 Å². The van der Waals surface area contributed by atoms with Crippen molar-refractivity contribution >= 4 is 29.5 Å². The van der Waals surface area contributed by atoms with Crippen molar-refractivity contribution in [2.45, 2.75) is 0 Å². The Morgan fingerprint density at radius 3 is 2.52 bits per heavy atom. The zero-order chi connectivity index (χ0) is 20.1. The van der Waals surface area contributed by atoms with Crippen LogP contribution in [0.15, 0.2) is 42.6 Å². The second-order valence-corrected chi connectivity index (χ2v) is 7.10. The van der Waals surface area contributed by atoms with Gasteiger partial charge in [-0.25, -0.2) is 4.98 Å². The number of amides is 2. The summed E-state index contributed by atoms with van der Waals surface area (Å²) < 4.78 is 5.43. The van der Waals surface area contributed by atoms with Crippen LogP contribution in [0.2, 0.25) is 0 Å². The SMILES string of the molecule is O=CN1CCN(c2cc(C(=O)Nc3ccccc3N3CCOCC3)ccn2)CC1. The summed E-state index contributed by atoms with van der Waals surface area (Å²) in [5.74, 6) is 0.588. The van der Waals surface area contributed by atoms with Crippen LogP contribution >= 0.6 is 0 Å². The van der Waals surface area contributed by atoms with Gasteiger partial charge in [0.15, 0.2) is 0 Å². The lowest BCUT2D eigenvalue weighted by Crippen LogP contribution is -2.46. The Hall–Kier alpha value is -3.13. The maximum atomic E-state index is 12.9. The van der Waals surface area contributed by atoms with Crippen molar-refractivity contribution in [3.63, 3.8) is 0 Å². The quantitative estimate of drug-likeness (QED) is 0.772. The Balaban J connectivity index is 1.48. The number of hydrogen-bond donors (Lipinski definition) is 1. The zero-order valence-electron chi connectivity index (χ0n) is 16.3. The predicted molar refractivity (Wildman–Crippen MR) is 112 cm³/mol. The van der Waals surface area contributed by atoms with Crippen LogP contribution in [0.1, 0.15) is 10.4 Å². The lowest BCUT2D eigenvalue weighted by atomic mass is 10.2. The van der Waals surface area contributed by atoms with Crippen LogP contribution in [0, 0.1) is 0 Å². The predicted octanol–water partition coefficient (Wildman–Crippen LogP) is 1.45. The fourth-order valence-electron chi connectivity index (χ4n) is 3.64. The molecule has 152 valence electrons. The molecule has 0 bridgehead atoms. The lowest BCUT2D eigenvalue weighted by molar-refractivity contribution is -0.118. The summed E-state index contributed by atoms with van der Waals surface area (Å²) in [5, 5.41) is 3.05. The van der Waals surface area contributed by atoms with Gasteiger partial charge in [0.25, 0.3) is 5.91 Å². The normalized spacial score (nSPS) is 17.2. The molecule has 29 heavy (non-hydrogen) atoms. The van der Waals surface area contributed by atoms with E-state index in [2.05, 4.69) is 20.1 Å². The number of anilines is 3. The van der Waals surface area contributed by atoms with E-state index in [4.69, 9.17) is 4.74 Å². The van der Waals surface area contributed by atoms with Gasteiger partial charge in [-0.2, -0.15) is 0 Å². The Labute approximate surface area is 170 Å².